The first kappa shape index (κ1) is 20.8. The van der Waals surface area contributed by atoms with Gasteiger partial charge in [-0.05, 0) is 30.0 Å². The van der Waals surface area contributed by atoms with Crippen molar-refractivity contribution in [2.24, 2.45) is 0 Å². The fourth-order valence-electron chi connectivity index (χ4n) is 3.47. The third-order valence-corrected chi connectivity index (χ3v) is 6.21. The van der Waals surface area contributed by atoms with E-state index < -0.39 is 11.8 Å². The summed E-state index contributed by atoms with van der Waals surface area (Å²) in [7, 11) is 0. The van der Waals surface area contributed by atoms with Gasteiger partial charge in [0.2, 0.25) is 0 Å². The van der Waals surface area contributed by atoms with E-state index in [9.17, 15) is 9.59 Å². The molecule has 28 heavy (non-hydrogen) atoms. The maximum Gasteiger partial charge on any atom is 0.309 e. The average molecular weight is 423 g/mol. The van der Waals surface area contributed by atoms with Gasteiger partial charge in [-0.15, -0.1) is 11.3 Å². The first-order valence-electron chi connectivity index (χ1n) is 9.34. The Morgan fingerprint density at radius 1 is 1.18 bits per heavy atom. The minimum absolute atomic E-state index is 0.0872. The van der Waals surface area contributed by atoms with Gasteiger partial charge < -0.3 is 20.3 Å². The highest BCUT2D eigenvalue weighted by atomic mass is 35.5. The number of rotatable bonds is 6. The lowest BCUT2D eigenvalue weighted by Gasteiger charge is -2.34. The van der Waals surface area contributed by atoms with E-state index >= 15 is 0 Å². The highest BCUT2D eigenvalue weighted by Crippen LogP contribution is 2.20. The van der Waals surface area contributed by atoms with Crippen molar-refractivity contribution >= 4 is 34.8 Å². The predicted molar refractivity (Wildman–Crippen MR) is 109 cm³/mol. The van der Waals surface area contributed by atoms with Crippen LogP contribution in [0.15, 0.2) is 41.8 Å². The number of halogens is 1. The van der Waals surface area contributed by atoms with Gasteiger partial charge in [-0.25, -0.2) is 0 Å². The summed E-state index contributed by atoms with van der Waals surface area (Å²) < 4.78 is 5.47. The Hall–Kier alpha value is -1.93. The second kappa shape index (κ2) is 10.0. The SMILES string of the molecule is C[C@H](NC(=O)C(=O)NCc1ccccc1Cl)[C@@H](c1cccs1)[NH+]1CCOCC1. The molecule has 2 atom stereocenters. The standard InChI is InChI=1S/C20H24ClN3O3S/c1-14(18(17-7-4-12-28-17)24-8-10-27-11-9-24)23-20(26)19(25)22-13-15-5-2-3-6-16(15)21/h2-7,12,14,18H,8-11,13H2,1H3,(H,22,25)(H,23,26)/p+1/t14-,18-/m0/s1. The molecule has 3 rings (SSSR count). The van der Waals surface area contributed by atoms with E-state index in [1.165, 1.54) is 9.78 Å². The third kappa shape index (κ3) is 5.32. The molecule has 0 radical (unpaired) electrons. The van der Waals surface area contributed by atoms with Gasteiger partial charge in [0.15, 0.2) is 0 Å². The minimum Gasteiger partial charge on any atom is -0.370 e. The molecule has 8 heteroatoms. The molecule has 6 nitrogen and oxygen atoms in total. The van der Waals surface area contributed by atoms with Crippen LogP contribution in [0.2, 0.25) is 5.02 Å². The lowest BCUT2D eigenvalue weighted by molar-refractivity contribution is -0.939. The second-order valence-corrected chi connectivity index (χ2v) is 8.19. The largest absolute Gasteiger partial charge is 0.370 e. The Morgan fingerprint density at radius 2 is 1.93 bits per heavy atom. The molecule has 1 aromatic carbocycles. The van der Waals surface area contributed by atoms with Crippen LogP contribution < -0.4 is 15.5 Å². The molecule has 0 unspecified atom stereocenters. The maximum atomic E-state index is 12.4. The van der Waals surface area contributed by atoms with E-state index in [4.69, 9.17) is 16.3 Å². The van der Waals surface area contributed by atoms with Crippen LogP contribution in [0.1, 0.15) is 23.4 Å². The van der Waals surface area contributed by atoms with Crippen LogP contribution >= 0.6 is 22.9 Å². The van der Waals surface area contributed by atoms with Crippen LogP contribution in [0.4, 0.5) is 0 Å². The van der Waals surface area contributed by atoms with Gasteiger partial charge in [0.1, 0.15) is 19.1 Å². The van der Waals surface area contributed by atoms with E-state index in [-0.39, 0.29) is 18.6 Å². The third-order valence-electron chi connectivity index (χ3n) is 4.89. The molecule has 150 valence electrons. The van der Waals surface area contributed by atoms with E-state index in [2.05, 4.69) is 16.7 Å². The Balaban J connectivity index is 1.60. The first-order chi connectivity index (χ1) is 13.6. The Bertz CT molecular complexity index is 794. The van der Waals surface area contributed by atoms with Crippen molar-refractivity contribution in [3.63, 3.8) is 0 Å². The number of benzene rings is 1. The fraction of sp³-hybridized carbons (Fsp3) is 0.400. The molecule has 0 aliphatic carbocycles. The number of ether oxygens (including phenoxy) is 1. The molecule has 2 heterocycles. The van der Waals surface area contributed by atoms with Crippen molar-refractivity contribution in [2.45, 2.75) is 25.6 Å². The molecular weight excluding hydrogens is 398 g/mol. The van der Waals surface area contributed by atoms with Gasteiger partial charge in [0.05, 0.1) is 24.1 Å². The molecule has 1 aliphatic rings. The van der Waals surface area contributed by atoms with Crippen molar-refractivity contribution in [3.8, 4) is 0 Å². The van der Waals surface area contributed by atoms with Gasteiger partial charge in [0, 0.05) is 11.6 Å². The van der Waals surface area contributed by atoms with Crippen molar-refractivity contribution < 1.29 is 19.2 Å². The summed E-state index contributed by atoms with van der Waals surface area (Å²) in [4.78, 5) is 27.2. The molecule has 1 fully saturated rings. The summed E-state index contributed by atoms with van der Waals surface area (Å²) in [6.07, 6.45) is 0. The van der Waals surface area contributed by atoms with Crippen molar-refractivity contribution in [1.29, 1.82) is 0 Å². The predicted octanol–water partition coefficient (Wildman–Crippen LogP) is 1.18. The lowest BCUT2D eigenvalue weighted by atomic mass is 10.1. The van der Waals surface area contributed by atoms with E-state index in [0.717, 1.165) is 18.7 Å². The minimum atomic E-state index is -0.659. The van der Waals surface area contributed by atoms with Crippen LogP contribution in [0.25, 0.3) is 0 Å². The van der Waals surface area contributed by atoms with Crippen molar-refractivity contribution in [3.05, 3.63) is 57.2 Å². The highest BCUT2D eigenvalue weighted by Gasteiger charge is 2.33. The maximum absolute atomic E-state index is 12.4. The zero-order valence-corrected chi connectivity index (χ0v) is 17.3. The van der Waals surface area contributed by atoms with Crippen LogP contribution in [-0.2, 0) is 20.9 Å². The molecule has 1 aromatic heterocycles. The number of carbonyl (C=O) groups is 2. The summed E-state index contributed by atoms with van der Waals surface area (Å²) in [6, 6.07) is 11.2. The van der Waals surface area contributed by atoms with Gasteiger partial charge in [0.25, 0.3) is 0 Å². The number of nitrogens with one attached hydrogen (secondary N) is 3. The molecular formula is C20H25ClN3O3S+. The number of hydrogen-bond acceptors (Lipinski definition) is 4. The van der Waals surface area contributed by atoms with E-state index in [0.29, 0.717) is 18.2 Å². The topological polar surface area (TPSA) is 71.9 Å². The average Bonchev–Trinajstić information content (AvgIpc) is 3.22. The lowest BCUT2D eigenvalue weighted by Crippen LogP contribution is -3.15. The Morgan fingerprint density at radius 3 is 2.61 bits per heavy atom. The van der Waals surface area contributed by atoms with E-state index in [1.807, 2.05) is 36.6 Å². The van der Waals surface area contributed by atoms with Gasteiger partial charge in [-0.2, -0.15) is 0 Å². The molecule has 2 aromatic rings. The fourth-order valence-corrected chi connectivity index (χ4v) is 4.66. The van der Waals surface area contributed by atoms with Gasteiger partial charge in [-0.1, -0.05) is 35.9 Å². The number of thiophene rings is 1. The van der Waals surface area contributed by atoms with Crippen LogP contribution in [-0.4, -0.2) is 44.2 Å². The zero-order chi connectivity index (χ0) is 19.9. The monoisotopic (exact) mass is 422 g/mol. The van der Waals surface area contributed by atoms with E-state index in [1.54, 1.807) is 17.4 Å². The molecule has 0 saturated carbocycles. The Labute approximate surface area is 173 Å². The number of quaternary nitrogens is 1. The molecule has 3 N–H and O–H groups in total. The first-order valence-corrected chi connectivity index (χ1v) is 10.6. The number of morpholine rings is 1. The summed E-state index contributed by atoms with van der Waals surface area (Å²) in [5.74, 6) is -1.29. The zero-order valence-electron chi connectivity index (χ0n) is 15.7. The molecule has 2 amide bonds. The van der Waals surface area contributed by atoms with Crippen LogP contribution in [0.5, 0.6) is 0 Å². The van der Waals surface area contributed by atoms with Crippen molar-refractivity contribution in [2.75, 3.05) is 26.3 Å². The number of carbonyl (C=O) groups excluding carboxylic acids is 2. The quantitative estimate of drug-likeness (QED) is 0.612. The summed E-state index contributed by atoms with van der Waals surface area (Å²) >= 11 is 7.76. The Kier molecular flexibility index (Phi) is 7.44. The van der Waals surface area contributed by atoms with Crippen LogP contribution in [0, 0.1) is 0 Å². The molecule has 1 saturated heterocycles. The number of amides is 2. The molecule has 0 spiro atoms. The van der Waals surface area contributed by atoms with Gasteiger partial charge >= 0.3 is 11.8 Å². The summed E-state index contributed by atoms with van der Waals surface area (Å²) in [5.41, 5.74) is 0.771. The highest BCUT2D eigenvalue weighted by molar-refractivity contribution is 7.10. The summed E-state index contributed by atoms with van der Waals surface area (Å²) in [5, 5.41) is 8.11. The number of hydrogen-bond donors (Lipinski definition) is 3. The van der Waals surface area contributed by atoms with Crippen molar-refractivity contribution in [1.82, 2.24) is 10.6 Å². The van der Waals surface area contributed by atoms with Crippen LogP contribution in [0.3, 0.4) is 0 Å². The molecule has 0 bridgehead atoms. The second-order valence-electron chi connectivity index (χ2n) is 6.80. The smallest absolute Gasteiger partial charge is 0.309 e. The normalized spacial score (nSPS) is 16.9. The molecule has 1 aliphatic heterocycles. The summed E-state index contributed by atoms with van der Waals surface area (Å²) in [6.45, 7) is 5.32. The van der Waals surface area contributed by atoms with Gasteiger partial charge in [-0.3, -0.25) is 9.59 Å².